The Morgan fingerprint density at radius 3 is 1.55 bits per heavy atom. The third-order valence-electron chi connectivity index (χ3n) is 12.9. The third-order valence-corrected chi connectivity index (χ3v) is 16.5. The van der Waals surface area contributed by atoms with Crippen LogP contribution in [0.25, 0.3) is 138 Å². The Kier molecular flexibility index (Phi) is 8.19. The average molecular weight is 880 g/mol. The molecule has 302 valence electrons. The molecule has 6 heteroatoms. The van der Waals surface area contributed by atoms with Gasteiger partial charge in [-0.1, -0.05) is 158 Å². The van der Waals surface area contributed by atoms with Gasteiger partial charge in [-0.2, -0.15) is 0 Å². The van der Waals surface area contributed by atoms with Crippen LogP contribution in [-0.2, 0) is 0 Å². The summed E-state index contributed by atoms with van der Waals surface area (Å²) in [7, 11) is 0. The Balaban J connectivity index is 0.990. The van der Waals surface area contributed by atoms with E-state index < -0.39 is 0 Å². The minimum absolute atomic E-state index is 0.728. The van der Waals surface area contributed by atoms with Crippen LogP contribution in [0.4, 0.5) is 0 Å². The fourth-order valence-corrected chi connectivity index (χ4v) is 13.6. The van der Waals surface area contributed by atoms with Crippen LogP contribution in [0.3, 0.4) is 0 Å². The second kappa shape index (κ2) is 14.5. The molecule has 0 amide bonds. The molecular formula is C59H33N3S3. The quantitative estimate of drug-likeness (QED) is 0.162. The Hall–Kier alpha value is -7.61. The average Bonchev–Trinajstić information content (AvgIpc) is 4.08. The zero-order valence-corrected chi connectivity index (χ0v) is 37.1. The normalized spacial score (nSPS) is 12.0. The van der Waals surface area contributed by atoms with E-state index >= 15 is 0 Å². The summed E-state index contributed by atoms with van der Waals surface area (Å²) in [5.74, 6) is 0.728. The molecule has 0 bridgehead atoms. The van der Waals surface area contributed by atoms with Crippen molar-refractivity contribution in [2.45, 2.75) is 0 Å². The lowest BCUT2D eigenvalue weighted by atomic mass is 9.92. The van der Waals surface area contributed by atoms with Crippen molar-refractivity contribution in [2.24, 2.45) is 0 Å². The van der Waals surface area contributed by atoms with Gasteiger partial charge in [0.25, 0.3) is 0 Å². The van der Waals surface area contributed by atoms with Gasteiger partial charge >= 0.3 is 0 Å². The van der Waals surface area contributed by atoms with Crippen LogP contribution in [0.15, 0.2) is 200 Å². The van der Waals surface area contributed by atoms with Gasteiger partial charge in [0, 0.05) is 104 Å². The summed E-state index contributed by atoms with van der Waals surface area (Å²) >= 11 is 5.52. The first-order valence-corrected chi connectivity index (χ1v) is 24.2. The molecule has 14 aromatic rings. The first-order chi connectivity index (χ1) is 32.2. The van der Waals surface area contributed by atoms with Crippen molar-refractivity contribution < 1.29 is 0 Å². The van der Waals surface area contributed by atoms with Crippen molar-refractivity contribution >= 4 is 116 Å². The summed E-state index contributed by atoms with van der Waals surface area (Å²) in [6.45, 7) is 0. The van der Waals surface area contributed by atoms with Gasteiger partial charge in [-0.05, 0) is 48.0 Å². The molecule has 14 rings (SSSR count). The molecule has 0 spiro atoms. The fourth-order valence-electron chi connectivity index (χ4n) is 9.91. The number of aromatic nitrogens is 3. The molecule has 0 radical (unpaired) electrons. The van der Waals surface area contributed by atoms with Gasteiger partial charge in [-0.15, -0.1) is 34.0 Å². The molecule has 0 saturated carbocycles. The van der Waals surface area contributed by atoms with E-state index in [-0.39, 0.29) is 0 Å². The molecule has 5 heterocycles. The van der Waals surface area contributed by atoms with Crippen LogP contribution >= 0.6 is 34.0 Å². The molecule has 0 aliphatic carbocycles. The van der Waals surface area contributed by atoms with Crippen LogP contribution in [0.5, 0.6) is 0 Å². The Bertz CT molecular complexity index is 4110. The van der Waals surface area contributed by atoms with E-state index in [9.17, 15) is 0 Å². The minimum Gasteiger partial charge on any atom is -0.247 e. The van der Waals surface area contributed by atoms with E-state index in [4.69, 9.17) is 15.0 Å². The Morgan fingerprint density at radius 1 is 0.292 bits per heavy atom. The predicted molar refractivity (Wildman–Crippen MR) is 281 cm³/mol. The third kappa shape index (κ3) is 5.75. The standard InChI is InChI=1S/C59H33N3S3/c1-2-14-36(15-3-1)55-46-32-45(58-54(43-19-7-11-27-52(43)65-58)53(46)41-18-4-8-24-47(41)60-55)34-28-30-35(31-29-34)48-33-49(42-22-12-20-39-37-16-5-9-25-50(37)63-56(39)42)62-59(61-48)44-23-13-21-40-38-17-6-10-26-51(38)64-57(40)44/h1-33H. The first-order valence-electron chi connectivity index (χ1n) is 21.8. The van der Waals surface area contributed by atoms with Crippen LogP contribution in [0.1, 0.15) is 0 Å². The molecule has 0 fully saturated rings. The lowest BCUT2D eigenvalue weighted by Crippen LogP contribution is -1.96. The van der Waals surface area contributed by atoms with Crippen LogP contribution < -0.4 is 0 Å². The number of benzene rings is 9. The van der Waals surface area contributed by atoms with Gasteiger partial charge in [0.1, 0.15) is 0 Å². The van der Waals surface area contributed by atoms with E-state index in [1.54, 1.807) is 0 Å². The molecular weight excluding hydrogens is 847 g/mol. The van der Waals surface area contributed by atoms with E-state index in [0.717, 1.165) is 61.6 Å². The maximum absolute atomic E-state index is 5.44. The van der Waals surface area contributed by atoms with Gasteiger partial charge in [0.05, 0.1) is 22.6 Å². The van der Waals surface area contributed by atoms with E-state index in [1.165, 1.54) is 76.9 Å². The smallest absolute Gasteiger partial charge is 0.161 e. The van der Waals surface area contributed by atoms with Gasteiger partial charge in [-0.25, -0.2) is 15.0 Å². The second-order valence-electron chi connectivity index (χ2n) is 16.6. The molecule has 0 unspecified atom stereocenters. The monoisotopic (exact) mass is 879 g/mol. The van der Waals surface area contributed by atoms with Crippen LogP contribution in [-0.4, -0.2) is 15.0 Å². The maximum Gasteiger partial charge on any atom is 0.161 e. The molecule has 0 saturated heterocycles. The van der Waals surface area contributed by atoms with Gasteiger partial charge in [0.15, 0.2) is 5.82 Å². The van der Waals surface area contributed by atoms with Gasteiger partial charge in [-0.3, -0.25) is 0 Å². The molecule has 0 aliphatic heterocycles. The van der Waals surface area contributed by atoms with Crippen molar-refractivity contribution in [3.05, 3.63) is 200 Å². The molecule has 9 aromatic carbocycles. The highest BCUT2D eigenvalue weighted by atomic mass is 32.1. The highest BCUT2D eigenvalue weighted by Crippen LogP contribution is 2.49. The number of thiophene rings is 3. The number of pyridine rings is 1. The molecule has 5 aromatic heterocycles. The fraction of sp³-hybridized carbons (Fsp3) is 0. The van der Waals surface area contributed by atoms with Gasteiger partial charge in [0.2, 0.25) is 0 Å². The number of hydrogen-bond donors (Lipinski definition) is 0. The lowest BCUT2D eigenvalue weighted by Gasteiger charge is -2.15. The molecule has 3 nitrogen and oxygen atoms in total. The van der Waals surface area contributed by atoms with Crippen LogP contribution in [0, 0.1) is 0 Å². The van der Waals surface area contributed by atoms with Crippen molar-refractivity contribution in [1.82, 2.24) is 15.0 Å². The largest absolute Gasteiger partial charge is 0.247 e. The summed E-state index contributed by atoms with van der Waals surface area (Å²) in [6, 6.07) is 72.2. The number of para-hydroxylation sites is 1. The minimum atomic E-state index is 0.728. The van der Waals surface area contributed by atoms with E-state index in [0.29, 0.717) is 0 Å². The van der Waals surface area contributed by atoms with Crippen molar-refractivity contribution in [3.8, 4) is 56.3 Å². The zero-order chi connectivity index (χ0) is 42.6. The molecule has 65 heavy (non-hydrogen) atoms. The second-order valence-corrected chi connectivity index (χ2v) is 19.7. The summed E-state index contributed by atoms with van der Waals surface area (Å²) < 4.78 is 7.53. The number of rotatable bonds is 5. The molecule has 0 N–H and O–H groups in total. The zero-order valence-electron chi connectivity index (χ0n) is 34.6. The maximum atomic E-state index is 5.44. The first kappa shape index (κ1) is 36.8. The van der Waals surface area contributed by atoms with Crippen molar-refractivity contribution in [2.75, 3.05) is 0 Å². The SMILES string of the molecule is c1ccc(-c2nc3ccccc3c3c2cc(-c2ccc(-c4cc(-c5cccc6c5sc5ccccc56)nc(-c5cccc6c5sc5ccccc56)n4)cc2)c2sc4ccccc4c23)cc1. The molecule has 0 atom stereocenters. The van der Waals surface area contributed by atoms with Gasteiger partial charge < -0.3 is 0 Å². The molecule has 0 aliphatic rings. The van der Waals surface area contributed by atoms with E-state index in [2.05, 4.69) is 200 Å². The number of nitrogens with zero attached hydrogens (tertiary/aromatic N) is 3. The van der Waals surface area contributed by atoms with E-state index in [1.807, 2.05) is 34.0 Å². The summed E-state index contributed by atoms with van der Waals surface area (Å²) in [6.07, 6.45) is 0. The highest BCUT2D eigenvalue weighted by molar-refractivity contribution is 7.27. The predicted octanol–water partition coefficient (Wildman–Crippen LogP) is 17.6. The lowest BCUT2D eigenvalue weighted by molar-refractivity contribution is 1.19. The van der Waals surface area contributed by atoms with Crippen molar-refractivity contribution in [1.29, 1.82) is 0 Å². The summed E-state index contributed by atoms with van der Waals surface area (Å²) in [5, 5.41) is 11.2. The Morgan fingerprint density at radius 2 is 0.831 bits per heavy atom. The highest BCUT2D eigenvalue weighted by Gasteiger charge is 2.22. The summed E-state index contributed by atoms with van der Waals surface area (Å²) in [5.41, 5.74) is 10.5. The number of fused-ring (bicyclic) bond motifs is 13. The van der Waals surface area contributed by atoms with Crippen LogP contribution in [0.2, 0.25) is 0 Å². The topological polar surface area (TPSA) is 38.7 Å². The number of hydrogen-bond acceptors (Lipinski definition) is 6. The Labute approximate surface area is 385 Å². The van der Waals surface area contributed by atoms with Crippen molar-refractivity contribution in [3.63, 3.8) is 0 Å². The summed E-state index contributed by atoms with van der Waals surface area (Å²) in [4.78, 5) is 16.2.